The number of hydrogen-bond donors (Lipinski definition) is 2. The van der Waals surface area contributed by atoms with Crippen molar-refractivity contribution in [3.05, 3.63) is 47.8 Å². The van der Waals surface area contributed by atoms with Crippen LogP contribution < -0.4 is 4.72 Å². The van der Waals surface area contributed by atoms with Crippen molar-refractivity contribution in [2.24, 2.45) is 0 Å². The minimum atomic E-state index is -3.41. The molecule has 6 heteroatoms. The zero-order valence-corrected chi connectivity index (χ0v) is 14.3. The minimum absolute atomic E-state index is 0.273. The summed E-state index contributed by atoms with van der Waals surface area (Å²) in [5.74, 6) is 0. The molecule has 0 spiro atoms. The summed E-state index contributed by atoms with van der Waals surface area (Å²) in [7, 11) is -1.99. The molecule has 4 rings (SSSR count). The molecule has 0 saturated carbocycles. The average Bonchev–Trinajstić information content (AvgIpc) is 3.00. The van der Waals surface area contributed by atoms with Gasteiger partial charge in [0.2, 0.25) is 10.0 Å². The molecule has 0 bridgehead atoms. The van der Waals surface area contributed by atoms with E-state index in [2.05, 4.69) is 14.7 Å². The van der Waals surface area contributed by atoms with E-state index in [9.17, 15) is 8.42 Å². The molecule has 1 aliphatic rings. The number of aryl methyl sites for hydroxylation is 2. The van der Waals surface area contributed by atoms with Crippen LogP contribution >= 0.6 is 0 Å². The van der Waals surface area contributed by atoms with Gasteiger partial charge in [-0.2, -0.15) is 0 Å². The van der Waals surface area contributed by atoms with E-state index >= 15 is 0 Å². The maximum absolute atomic E-state index is 11.9. The van der Waals surface area contributed by atoms with E-state index in [1.807, 2.05) is 18.2 Å². The first-order chi connectivity index (χ1) is 11.6. The Hall–Kier alpha value is -2.18. The molecule has 1 aliphatic carbocycles. The highest BCUT2D eigenvalue weighted by Crippen LogP contribution is 2.35. The van der Waals surface area contributed by atoms with Gasteiger partial charge in [-0.05, 0) is 67.6 Å². The Morgan fingerprint density at radius 3 is 2.58 bits per heavy atom. The number of nitrogens with one attached hydrogen (secondary N) is 2. The smallest absolute Gasteiger partial charge is 0.240 e. The molecule has 5 nitrogen and oxygen atoms in total. The van der Waals surface area contributed by atoms with Crippen LogP contribution in [0.4, 0.5) is 0 Å². The van der Waals surface area contributed by atoms with Crippen LogP contribution in [0.25, 0.3) is 22.2 Å². The van der Waals surface area contributed by atoms with Crippen LogP contribution in [-0.4, -0.2) is 25.4 Å². The van der Waals surface area contributed by atoms with Gasteiger partial charge in [-0.25, -0.2) is 18.1 Å². The second-order valence-corrected chi connectivity index (χ2v) is 7.99. The maximum Gasteiger partial charge on any atom is 0.240 e. The van der Waals surface area contributed by atoms with Crippen molar-refractivity contribution in [2.75, 3.05) is 7.05 Å². The van der Waals surface area contributed by atoms with Crippen molar-refractivity contribution >= 4 is 21.1 Å². The highest BCUT2D eigenvalue weighted by molar-refractivity contribution is 7.89. The monoisotopic (exact) mass is 341 g/mol. The number of aromatic amines is 1. The van der Waals surface area contributed by atoms with Crippen LogP contribution in [-0.2, 0) is 22.9 Å². The van der Waals surface area contributed by atoms with E-state index in [0.29, 0.717) is 0 Å². The summed E-state index contributed by atoms with van der Waals surface area (Å²) in [5, 5.41) is 1.18. The molecule has 0 atom stereocenters. The zero-order chi connectivity index (χ0) is 16.7. The molecule has 0 saturated heterocycles. The van der Waals surface area contributed by atoms with Crippen molar-refractivity contribution in [3.8, 4) is 11.1 Å². The molecule has 3 aromatic rings. The molecule has 2 aromatic heterocycles. The number of aromatic nitrogens is 2. The zero-order valence-electron chi connectivity index (χ0n) is 13.5. The van der Waals surface area contributed by atoms with E-state index in [4.69, 9.17) is 0 Å². The lowest BCUT2D eigenvalue weighted by molar-refractivity contribution is 0.588. The normalized spacial score (nSPS) is 14.7. The van der Waals surface area contributed by atoms with Crippen molar-refractivity contribution in [3.63, 3.8) is 0 Å². The van der Waals surface area contributed by atoms with Crippen LogP contribution in [0.1, 0.15) is 24.1 Å². The number of rotatable bonds is 3. The topological polar surface area (TPSA) is 74.8 Å². The minimum Gasteiger partial charge on any atom is -0.343 e. The van der Waals surface area contributed by atoms with Crippen LogP contribution in [0.2, 0.25) is 0 Å². The van der Waals surface area contributed by atoms with E-state index in [-0.39, 0.29) is 4.90 Å². The summed E-state index contributed by atoms with van der Waals surface area (Å²) in [6.45, 7) is 0. The summed E-state index contributed by atoms with van der Waals surface area (Å²) >= 11 is 0. The molecule has 0 amide bonds. The average molecular weight is 341 g/mol. The molecule has 0 fully saturated rings. The number of hydrogen-bond acceptors (Lipinski definition) is 3. The maximum atomic E-state index is 11.9. The largest absolute Gasteiger partial charge is 0.343 e. The summed E-state index contributed by atoms with van der Waals surface area (Å²) < 4.78 is 26.1. The SMILES string of the molecule is CNS(=O)(=O)c1ccc(-c2ccnc3[nH]c4c(c23)CCCC4)cc1. The fraction of sp³-hybridized carbons (Fsp3) is 0.278. The molecule has 0 aliphatic heterocycles. The quantitative estimate of drug-likeness (QED) is 0.769. The van der Waals surface area contributed by atoms with Gasteiger partial charge in [0.05, 0.1) is 4.90 Å². The van der Waals surface area contributed by atoms with Crippen molar-refractivity contribution in [1.82, 2.24) is 14.7 Å². The first-order valence-electron chi connectivity index (χ1n) is 8.12. The third-order valence-corrected chi connectivity index (χ3v) is 6.16. The Bertz CT molecular complexity index is 1000. The fourth-order valence-corrected chi connectivity index (χ4v) is 4.23. The summed E-state index contributed by atoms with van der Waals surface area (Å²) in [4.78, 5) is 8.21. The summed E-state index contributed by atoms with van der Waals surface area (Å²) in [5.41, 5.74) is 5.70. The third kappa shape index (κ3) is 2.42. The molecule has 2 heterocycles. The Morgan fingerprint density at radius 1 is 1.08 bits per heavy atom. The number of benzene rings is 1. The van der Waals surface area contributed by atoms with Crippen molar-refractivity contribution < 1.29 is 8.42 Å². The van der Waals surface area contributed by atoms with Crippen LogP contribution in [0.5, 0.6) is 0 Å². The molecule has 24 heavy (non-hydrogen) atoms. The van der Waals surface area contributed by atoms with Crippen LogP contribution in [0.3, 0.4) is 0 Å². The van der Waals surface area contributed by atoms with Crippen LogP contribution in [0, 0.1) is 0 Å². The third-order valence-electron chi connectivity index (χ3n) is 4.73. The van der Waals surface area contributed by atoms with E-state index in [1.54, 1.807) is 18.3 Å². The van der Waals surface area contributed by atoms with E-state index in [1.165, 1.54) is 36.5 Å². The number of fused-ring (bicyclic) bond motifs is 3. The first-order valence-corrected chi connectivity index (χ1v) is 9.61. The van der Waals surface area contributed by atoms with Gasteiger partial charge in [0.25, 0.3) is 0 Å². The van der Waals surface area contributed by atoms with Gasteiger partial charge in [-0.15, -0.1) is 0 Å². The van der Waals surface area contributed by atoms with Gasteiger partial charge in [0, 0.05) is 17.3 Å². The Kier molecular flexibility index (Phi) is 3.66. The number of nitrogens with zero attached hydrogens (tertiary/aromatic N) is 1. The van der Waals surface area contributed by atoms with Gasteiger partial charge in [-0.1, -0.05) is 12.1 Å². The lowest BCUT2D eigenvalue weighted by atomic mass is 9.93. The van der Waals surface area contributed by atoms with E-state index < -0.39 is 10.0 Å². The molecule has 2 N–H and O–H groups in total. The predicted octanol–water partition coefficient (Wildman–Crippen LogP) is 3.02. The van der Waals surface area contributed by atoms with Gasteiger partial charge >= 0.3 is 0 Å². The van der Waals surface area contributed by atoms with Gasteiger partial charge in [-0.3, -0.25) is 0 Å². The molecule has 124 valence electrons. The number of pyridine rings is 1. The molecule has 1 aromatic carbocycles. The van der Waals surface area contributed by atoms with Crippen molar-refractivity contribution in [2.45, 2.75) is 30.6 Å². The second-order valence-electron chi connectivity index (χ2n) is 6.10. The summed E-state index contributed by atoms with van der Waals surface area (Å²) in [6.07, 6.45) is 6.36. The predicted molar refractivity (Wildman–Crippen MR) is 94.4 cm³/mol. The Balaban J connectivity index is 1.86. The Labute approximate surface area is 141 Å². The number of H-pyrrole nitrogens is 1. The Morgan fingerprint density at radius 2 is 1.83 bits per heavy atom. The molecule has 0 unspecified atom stereocenters. The standard InChI is InChI=1S/C18H19N3O2S/c1-19-24(22,23)13-8-6-12(7-9-13)14-10-11-20-18-17(14)15-4-2-3-5-16(15)21-18/h6-11,19H,2-5H2,1H3,(H,20,21). The van der Waals surface area contributed by atoms with Gasteiger partial charge < -0.3 is 4.98 Å². The van der Waals surface area contributed by atoms with Gasteiger partial charge in [0.15, 0.2) is 0 Å². The molecular weight excluding hydrogens is 322 g/mol. The van der Waals surface area contributed by atoms with Gasteiger partial charge in [0.1, 0.15) is 5.65 Å². The first kappa shape index (κ1) is 15.4. The lowest BCUT2D eigenvalue weighted by Gasteiger charge is -2.12. The number of sulfonamides is 1. The fourth-order valence-electron chi connectivity index (χ4n) is 3.50. The highest BCUT2D eigenvalue weighted by Gasteiger charge is 2.19. The van der Waals surface area contributed by atoms with E-state index in [0.717, 1.165) is 29.6 Å². The lowest BCUT2D eigenvalue weighted by Crippen LogP contribution is -2.18. The second kappa shape index (κ2) is 5.72. The summed E-state index contributed by atoms with van der Waals surface area (Å²) in [6, 6.07) is 9.02. The highest BCUT2D eigenvalue weighted by atomic mass is 32.2. The molecule has 0 radical (unpaired) electrons. The molecular formula is C18H19N3O2S. The van der Waals surface area contributed by atoms with Crippen molar-refractivity contribution in [1.29, 1.82) is 0 Å². The van der Waals surface area contributed by atoms with Crippen LogP contribution in [0.15, 0.2) is 41.4 Å².